The highest BCUT2D eigenvalue weighted by molar-refractivity contribution is 9.10. The smallest absolute Gasteiger partial charge is 0.231 e. The Morgan fingerprint density at radius 1 is 0.867 bits per heavy atom. The molecule has 0 fully saturated rings. The van der Waals surface area contributed by atoms with E-state index in [0.29, 0.717) is 24.3 Å². The van der Waals surface area contributed by atoms with Crippen LogP contribution in [0.15, 0.2) is 39.1 Å². The highest BCUT2D eigenvalue weighted by Gasteiger charge is 2.47. The molecule has 2 heterocycles. The summed E-state index contributed by atoms with van der Waals surface area (Å²) in [7, 11) is 0. The minimum Gasteiger partial charge on any atom is -0.454 e. The van der Waals surface area contributed by atoms with Crippen LogP contribution in [0.3, 0.4) is 0 Å². The summed E-state index contributed by atoms with van der Waals surface area (Å²) < 4.78 is 12.0. The van der Waals surface area contributed by atoms with Crippen LogP contribution in [-0.4, -0.2) is 18.4 Å². The third-order valence-corrected chi connectivity index (χ3v) is 7.21. The molecule has 0 unspecified atom stereocenters. The molecule has 1 aromatic carbocycles. The Balaban J connectivity index is 1.73. The fourth-order valence-electron chi connectivity index (χ4n) is 5.35. The van der Waals surface area contributed by atoms with Crippen molar-refractivity contribution in [1.82, 2.24) is 5.32 Å². The average Bonchev–Trinajstić information content (AvgIpc) is 3.04. The standard InChI is InChI=1S/C24H26BrNO4/c1-23(2)7-14-21(16(27)9-23)20(12-5-18-19(6-13(12)25)30-11-29-18)22-15(26-14)8-24(3,4)10-17(22)28/h5-6,20,26H,7-11H2,1-4H3. The molecule has 1 N–H and O–H groups in total. The van der Waals surface area contributed by atoms with Gasteiger partial charge in [-0.2, -0.15) is 0 Å². The minimum absolute atomic E-state index is 0.105. The summed E-state index contributed by atoms with van der Waals surface area (Å²) in [6.45, 7) is 8.69. The molecule has 2 aliphatic carbocycles. The molecular formula is C24H26BrNO4. The minimum atomic E-state index is -0.382. The van der Waals surface area contributed by atoms with Crippen molar-refractivity contribution in [2.75, 3.05) is 6.79 Å². The second-order valence-electron chi connectivity index (χ2n) is 10.5. The van der Waals surface area contributed by atoms with Gasteiger partial charge in [-0.15, -0.1) is 0 Å². The summed E-state index contributed by atoms with van der Waals surface area (Å²) in [5.74, 6) is 1.19. The number of carbonyl (C=O) groups excluding carboxylic acids is 2. The van der Waals surface area contributed by atoms with Crippen molar-refractivity contribution >= 4 is 27.5 Å². The molecule has 30 heavy (non-hydrogen) atoms. The van der Waals surface area contributed by atoms with Gasteiger partial charge in [-0.1, -0.05) is 43.6 Å². The van der Waals surface area contributed by atoms with Crippen LogP contribution in [-0.2, 0) is 9.59 Å². The van der Waals surface area contributed by atoms with Gasteiger partial charge in [-0.05, 0) is 41.4 Å². The van der Waals surface area contributed by atoms with Gasteiger partial charge in [0.05, 0.1) is 0 Å². The van der Waals surface area contributed by atoms with Gasteiger partial charge in [0.1, 0.15) is 0 Å². The predicted octanol–water partition coefficient (Wildman–Crippen LogP) is 5.15. The molecule has 0 saturated carbocycles. The molecule has 4 aliphatic rings. The lowest BCUT2D eigenvalue weighted by atomic mass is 9.64. The number of fused-ring (bicyclic) bond motifs is 1. The maximum Gasteiger partial charge on any atom is 0.231 e. The van der Waals surface area contributed by atoms with Crippen LogP contribution in [0.4, 0.5) is 0 Å². The van der Waals surface area contributed by atoms with Crippen molar-refractivity contribution in [3.05, 3.63) is 44.7 Å². The van der Waals surface area contributed by atoms with Crippen molar-refractivity contribution in [3.8, 4) is 11.5 Å². The monoisotopic (exact) mass is 471 g/mol. The van der Waals surface area contributed by atoms with Crippen LogP contribution in [0.5, 0.6) is 11.5 Å². The number of benzene rings is 1. The lowest BCUT2D eigenvalue weighted by molar-refractivity contribution is -0.119. The van der Waals surface area contributed by atoms with Gasteiger partial charge in [-0.25, -0.2) is 0 Å². The molecule has 5 rings (SSSR count). The molecule has 0 radical (unpaired) electrons. The Bertz CT molecular complexity index is 1010. The van der Waals surface area contributed by atoms with E-state index in [0.717, 1.165) is 45.4 Å². The maximum absolute atomic E-state index is 13.4. The normalized spacial score (nSPS) is 24.6. The first-order valence-corrected chi connectivity index (χ1v) is 11.2. The highest BCUT2D eigenvalue weighted by atomic mass is 79.9. The Morgan fingerprint density at radius 3 is 1.90 bits per heavy atom. The number of hydrogen-bond donors (Lipinski definition) is 1. The van der Waals surface area contributed by atoms with Crippen molar-refractivity contribution in [3.63, 3.8) is 0 Å². The molecule has 0 saturated heterocycles. The largest absolute Gasteiger partial charge is 0.454 e. The first kappa shape index (κ1) is 19.9. The molecule has 1 aromatic rings. The Kier molecular flexibility index (Phi) is 4.27. The van der Waals surface area contributed by atoms with Crippen LogP contribution in [0.2, 0.25) is 0 Å². The number of halogens is 1. The number of allylic oxidation sites excluding steroid dienone is 4. The van der Waals surface area contributed by atoms with Crippen molar-refractivity contribution in [1.29, 1.82) is 0 Å². The van der Waals surface area contributed by atoms with Crippen molar-refractivity contribution in [2.45, 2.75) is 59.3 Å². The average molecular weight is 472 g/mol. The zero-order chi connectivity index (χ0) is 21.4. The number of ketones is 2. The van der Waals surface area contributed by atoms with Gasteiger partial charge < -0.3 is 14.8 Å². The van der Waals surface area contributed by atoms with E-state index >= 15 is 0 Å². The lowest BCUT2D eigenvalue weighted by Crippen LogP contribution is -2.42. The van der Waals surface area contributed by atoms with Gasteiger partial charge in [0.15, 0.2) is 23.1 Å². The Hall–Kier alpha value is -2.08. The molecule has 2 aliphatic heterocycles. The number of nitrogens with one attached hydrogen (secondary N) is 1. The van der Waals surface area contributed by atoms with E-state index in [1.807, 2.05) is 12.1 Å². The second kappa shape index (κ2) is 6.46. The molecule has 0 atom stereocenters. The predicted molar refractivity (Wildman–Crippen MR) is 116 cm³/mol. The van der Waals surface area contributed by atoms with Crippen LogP contribution in [0.25, 0.3) is 0 Å². The first-order chi connectivity index (χ1) is 14.0. The number of hydrogen-bond acceptors (Lipinski definition) is 5. The highest BCUT2D eigenvalue weighted by Crippen LogP contribution is 2.53. The molecule has 0 aromatic heterocycles. The lowest BCUT2D eigenvalue weighted by Gasteiger charge is -2.44. The molecule has 0 spiro atoms. The second-order valence-corrected chi connectivity index (χ2v) is 11.3. The molecule has 0 amide bonds. The van der Waals surface area contributed by atoms with E-state index in [4.69, 9.17) is 9.47 Å². The van der Waals surface area contributed by atoms with Gasteiger partial charge in [0, 0.05) is 45.8 Å². The molecule has 0 bridgehead atoms. The summed E-state index contributed by atoms with van der Waals surface area (Å²) >= 11 is 3.68. The Morgan fingerprint density at radius 2 is 1.37 bits per heavy atom. The number of Topliss-reactive ketones (excluding diaryl/α,β-unsaturated/α-hetero) is 2. The summed E-state index contributed by atoms with van der Waals surface area (Å²) in [5.41, 5.74) is 4.09. The Labute approximate surface area is 185 Å². The van der Waals surface area contributed by atoms with Crippen LogP contribution >= 0.6 is 15.9 Å². The van der Waals surface area contributed by atoms with Gasteiger partial charge in [-0.3, -0.25) is 9.59 Å². The van der Waals surface area contributed by atoms with E-state index < -0.39 is 0 Å². The molecule has 158 valence electrons. The number of rotatable bonds is 1. The summed E-state index contributed by atoms with van der Waals surface area (Å²) in [4.78, 5) is 26.8. The van der Waals surface area contributed by atoms with Crippen LogP contribution in [0, 0.1) is 10.8 Å². The molecular weight excluding hydrogens is 446 g/mol. The maximum atomic E-state index is 13.4. The first-order valence-electron chi connectivity index (χ1n) is 10.4. The quantitative estimate of drug-likeness (QED) is 0.613. The van der Waals surface area contributed by atoms with Gasteiger partial charge in [0.25, 0.3) is 0 Å². The summed E-state index contributed by atoms with van der Waals surface area (Å²) in [5, 5.41) is 3.55. The van der Waals surface area contributed by atoms with E-state index in [2.05, 4.69) is 48.9 Å². The third-order valence-electron chi connectivity index (χ3n) is 6.52. The molecule has 6 heteroatoms. The van der Waals surface area contributed by atoms with Crippen LogP contribution in [0.1, 0.15) is 64.9 Å². The third kappa shape index (κ3) is 3.11. The van der Waals surface area contributed by atoms with Crippen molar-refractivity contribution in [2.24, 2.45) is 10.8 Å². The number of carbonyl (C=O) groups is 2. The fraction of sp³-hybridized carbons (Fsp3) is 0.500. The zero-order valence-corrected chi connectivity index (χ0v) is 19.4. The van der Waals surface area contributed by atoms with Crippen LogP contribution < -0.4 is 14.8 Å². The molecule has 5 nitrogen and oxygen atoms in total. The van der Waals surface area contributed by atoms with Gasteiger partial charge >= 0.3 is 0 Å². The van der Waals surface area contributed by atoms with E-state index in [-0.39, 0.29) is 35.1 Å². The number of ether oxygens (including phenoxy) is 2. The number of dihydropyridines is 1. The van der Waals surface area contributed by atoms with E-state index in [1.165, 1.54) is 0 Å². The zero-order valence-electron chi connectivity index (χ0n) is 17.8. The summed E-state index contributed by atoms with van der Waals surface area (Å²) in [6.07, 6.45) is 2.54. The SMILES string of the molecule is CC1(C)CC(=O)C2=C(C1)NC1=C(C(=O)CC(C)(C)C1)C2c1cc2c(cc1Br)OCO2. The van der Waals surface area contributed by atoms with E-state index in [9.17, 15) is 9.59 Å². The fourth-order valence-corrected chi connectivity index (χ4v) is 5.91. The summed E-state index contributed by atoms with van der Waals surface area (Å²) in [6, 6.07) is 3.81. The van der Waals surface area contributed by atoms with Crippen molar-refractivity contribution < 1.29 is 19.1 Å². The van der Waals surface area contributed by atoms with E-state index in [1.54, 1.807) is 0 Å². The topological polar surface area (TPSA) is 64.6 Å². The van der Waals surface area contributed by atoms with Gasteiger partial charge in [0.2, 0.25) is 6.79 Å².